The third-order valence-electron chi connectivity index (χ3n) is 4.09. The lowest BCUT2D eigenvalue weighted by Gasteiger charge is -2.11. The summed E-state index contributed by atoms with van der Waals surface area (Å²) in [7, 11) is 0. The lowest BCUT2D eigenvalue weighted by atomic mass is 10.0. The summed E-state index contributed by atoms with van der Waals surface area (Å²) < 4.78 is 0. The standard InChI is InChI=1S/C21H13Cl2N3O/c22-14-7-8-17(23)20(10-14)26-21(27)16-11-19(13-4-3-9-24-12-13)25-18-6-2-1-5-15(16)18/h1-12H,(H,26,27). The van der Waals surface area contributed by atoms with Gasteiger partial charge in [0.1, 0.15) is 0 Å². The maximum Gasteiger partial charge on any atom is 0.256 e. The number of hydrogen-bond acceptors (Lipinski definition) is 3. The quantitative estimate of drug-likeness (QED) is 0.474. The van der Waals surface area contributed by atoms with Gasteiger partial charge in [-0.3, -0.25) is 9.78 Å². The first-order valence-electron chi connectivity index (χ1n) is 8.18. The van der Waals surface area contributed by atoms with Crippen molar-refractivity contribution >= 4 is 45.7 Å². The molecule has 0 saturated heterocycles. The van der Waals surface area contributed by atoms with Gasteiger partial charge in [-0.1, -0.05) is 41.4 Å². The Bertz CT molecular complexity index is 1150. The molecule has 6 heteroatoms. The van der Waals surface area contributed by atoms with Gasteiger partial charge in [-0.25, -0.2) is 4.98 Å². The van der Waals surface area contributed by atoms with E-state index in [1.807, 2.05) is 36.4 Å². The summed E-state index contributed by atoms with van der Waals surface area (Å²) in [6.45, 7) is 0. The smallest absolute Gasteiger partial charge is 0.256 e. The van der Waals surface area contributed by atoms with Crippen LogP contribution in [0.25, 0.3) is 22.2 Å². The third-order valence-corrected chi connectivity index (χ3v) is 4.66. The molecule has 0 unspecified atom stereocenters. The molecule has 0 aliphatic rings. The molecule has 0 bridgehead atoms. The van der Waals surface area contributed by atoms with Crippen LogP contribution in [-0.4, -0.2) is 15.9 Å². The number of anilines is 1. The van der Waals surface area contributed by atoms with Crippen LogP contribution in [0, 0.1) is 0 Å². The molecule has 0 saturated carbocycles. The summed E-state index contributed by atoms with van der Waals surface area (Å²) in [5.41, 5.74) is 3.18. The second kappa shape index (κ2) is 7.35. The number of carbonyl (C=O) groups is 1. The fraction of sp³-hybridized carbons (Fsp3) is 0. The van der Waals surface area contributed by atoms with E-state index >= 15 is 0 Å². The zero-order chi connectivity index (χ0) is 18.8. The molecule has 0 spiro atoms. The van der Waals surface area contributed by atoms with E-state index in [0.29, 0.717) is 27.0 Å². The Balaban J connectivity index is 1.82. The number of fused-ring (bicyclic) bond motifs is 1. The van der Waals surface area contributed by atoms with Gasteiger partial charge in [-0.2, -0.15) is 0 Å². The molecule has 0 fully saturated rings. The molecular formula is C21H13Cl2N3O. The minimum Gasteiger partial charge on any atom is -0.321 e. The summed E-state index contributed by atoms with van der Waals surface area (Å²) in [5.74, 6) is -0.289. The highest BCUT2D eigenvalue weighted by Gasteiger charge is 2.15. The maximum absolute atomic E-state index is 13.0. The number of aromatic nitrogens is 2. The van der Waals surface area contributed by atoms with Crippen molar-refractivity contribution in [3.63, 3.8) is 0 Å². The Kier molecular flexibility index (Phi) is 4.75. The molecule has 0 aliphatic heterocycles. The third kappa shape index (κ3) is 3.63. The summed E-state index contributed by atoms with van der Waals surface area (Å²) in [4.78, 5) is 21.8. The second-order valence-electron chi connectivity index (χ2n) is 5.89. The van der Waals surface area contributed by atoms with E-state index in [1.165, 1.54) is 0 Å². The van der Waals surface area contributed by atoms with E-state index < -0.39 is 0 Å². The van der Waals surface area contributed by atoms with Crippen LogP contribution >= 0.6 is 23.2 Å². The van der Waals surface area contributed by atoms with E-state index in [1.54, 1.807) is 36.7 Å². The summed E-state index contributed by atoms with van der Waals surface area (Å²) in [6, 6.07) is 17.9. The van der Waals surface area contributed by atoms with Crippen molar-refractivity contribution < 1.29 is 4.79 Å². The SMILES string of the molecule is O=C(Nc1cc(Cl)ccc1Cl)c1cc(-c2cccnc2)nc2ccccc12. The average molecular weight is 394 g/mol. The van der Waals surface area contributed by atoms with Crippen molar-refractivity contribution in [2.75, 3.05) is 5.32 Å². The van der Waals surface area contributed by atoms with E-state index in [-0.39, 0.29) is 5.91 Å². The predicted molar refractivity (Wildman–Crippen MR) is 109 cm³/mol. The molecule has 132 valence electrons. The fourth-order valence-electron chi connectivity index (χ4n) is 2.81. The Morgan fingerprint density at radius 1 is 0.963 bits per heavy atom. The van der Waals surface area contributed by atoms with Gasteiger partial charge in [0.2, 0.25) is 0 Å². The minimum absolute atomic E-state index is 0.289. The minimum atomic E-state index is -0.289. The largest absolute Gasteiger partial charge is 0.321 e. The van der Waals surface area contributed by atoms with Gasteiger partial charge < -0.3 is 5.32 Å². The van der Waals surface area contributed by atoms with Crippen LogP contribution in [0.3, 0.4) is 0 Å². The van der Waals surface area contributed by atoms with Crippen molar-refractivity contribution in [3.05, 3.63) is 88.7 Å². The van der Waals surface area contributed by atoms with Gasteiger partial charge in [0.05, 0.1) is 27.5 Å². The lowest BCUT2D eigenvalue weighted by Crippen LogP contribution is -2.13. The molecule has 27 heavy (non-hydrogen) atoms. The summed E-state index contributed by atoms with van der Waals surface area (Å²) in [5, 5.41) is 4.50. The second-order valence-corrected chi connectivity index (χ2v) is 6.74. The van der Waals surface area contributed by atoms with Crippen LogP contribution in [0.15, 0.2) is 73.1 Å². The molecule has 2 aromatic heterocycles. The molecule has 0 radical (unpaired) electrons. The first-order valence-corrected chi connectivity index (χ1v) is 8.94. The van der Waals surface area contributed by atoms with Gasteiger partial charge in [0.25, 0.3) is 5.91 Å². The van der Waals surface area contributed by atoms with Crippen LogP contribution in [0.1, 0.15) is 10.4 Å². The van der Waals surface area contributed by atoms with E-state index in [4.69, 9.17) is 23.2 Å². The highest BCUT2D eigenvalue weighted by atomic mass is 35.5. The number of nitrogens with one attached hydrogen (secondary N) is 1. The molecule has 4 aromatic rings. The summed E-state index contributed by atoms with van der Waals surface area (Å²) >= 11 is 12.2. The Morgan fingerprint density at radius 3 is 2.63 bits per heavy atom. The lowest BCUT2D eigenvalue weighted by molar-refractivity contribution is 0.102. The number of hydrogen-bond donors (Lipinski definition) is 1. The average Bonchev–Trinajstić information content (AvgIpc) is 2.70. The van der Waals surface area contributed by atoms with Gasteiger partial charge >= 0.3 is 0 Å². The Labute approximate surface area is 165 Å². The van der Waals surface area contributed by atoms with E-state index in [2.05, 4.69) is 15.3 Å². The van der Waals surface area contributed by atoms with Crippen molar-refractivity contribution in [2.24, 2.45) is 0 Å². The van der Waals surface area contributed by atoms with Gasteiger partial charge in [0.15, 0.2) is 0 Å². The molecule has 1 amide bonds. The molecule has 4 rings (SSSR count). The number of halogens is 2. The molecule has 4 nitrogen and oxygen atoms in total. The van der Waals surface area contributed by atoms with Crippen LogP contribution in [0.5, 0.6) is 0 Å². The maximum atomic E-state index is 13.0. The highest BCUT2D eigenvalue weighted by Crippen LogP contribution is 2.28. The number of pyridine rings is 2. The van der Waals surface area contributed by atoms with Crippen LogP contribution in [0.4, 0.5) is 5.69 Å². The molecule has 2 heterocycles. The van der Waals surface area contributed by atoms with Crippen LogP contribution < -0.4 is 5.32 Å². The van der Waals surface area contributed by atoms with E-state index in [0.717, 1.165) is 16.5 Å². The molecular weight excluding hydrogens is 381 g/mol. The molecule has 0 aliphatic carbocycles. The molecule has 0 atom stereocenters. The van der Waals surface area contributed by atoms with Crippen LogP contribution in [0.2, 0.25) is 10.0 Å². The zero-order valence-electron chi connectivity index (χ0n) is 14.0. The number of para-hydroxylation sites is 1. The van der Waals surface area contributed by atoms with Crippen molar-refractivity contribution in [3.8, 4) is 11.3 Å². The number of nitrogens with zero attached hydrogens (tertiary/aromatic N) is 2. The number of amides is 1. The van der Waals surface area contributed by atoms with Crippen molar-refractivity contribution in [1.29, 1.82) is 0 Å². The molecule has 1 N–H and O–H groups in total. The number of rotatable bonds is 3. The predicted octanol–water partition coefficient (Wildman–Crippen LogP) is 5.86. The van der Waals surface area contributed by atoms with Gasteiger partial charge in [-0.05, 0) is 42.5 Å². The fourth-order valence-corrected chi connectivity index (χ4v) is 3.15. The summed E-state index contributed by atoms with van der Waals surface area (Å²) in [6.07, 6.45) is 3.41. The first kappa shape index (κ1) is 17.5. The first-order chi connectivity index (χ1) is 13.1. The topological polar surface area (TPSA) is 54.9 Å². The molecule has 2 aromatic carbocycles. The Hall–Kier alpha value is -2.95. The van der Waals surface area contributed by atoms with Gasteiger partial charge in [0, 0.05) is 28.4 Å². The highest BCUT2D eigenvalue weighted by molar-refractivity contribution is 6.36. The van der Waals surface area contributed by atoms with Crippen molar-refractivity contribution in [2.45, 2.75) is 0 Å². The van der Waals surface area contributed by atoms with Crippen molar-refractivity contribution in [1.82, 2.24) is 9.97 Å². The van der Waals surface area contributed by atoms with Crippen LogP contribution in [-0.2, 0) is 0 Å². The van der Waals surface area contributed by atoms with E-state index in [9.17, 15) is 4.79 Å². The Morgan fingerprint density at radius 2 is 1.81 bits per heavy atom. The number of carbonyl (C=O) groups excluding carboxylic acids is 1. The number of benzene rings is 2. The normalized spacial score (nSPS) is 10.7. The monoisotopic (exact) mass is 393 g/mol. The zero-order valence-corrected chi connectivity index (χ0v) is 15.5. The van der Waals surface area contributed by atoms with Gasteiger partial charge in [-0.15, -0.1) is 0 Å².